The Morgan fingerprint density at radius 3 is 2.43 bits per heavy atom. The summed E-state index contributed by atoms with van der Waals surface area (Å²) in [4.78, 5) is 0. The molecule has 1 aromatic carbocycles. The van der Waals surface area contributed by atoms with Crippen LogP contribution in [-0.4, -0.2) is 17.4 Å². The number of benzene rings is 1. The van der Waals surface area contributed by atoms with Crippen LogP contribution in [0, 0.1) is 5.41 Å². The van der Waals surface area contributed by atoms with Crippen LogP contribution in [0.2, 0.25) is 0 Å². The standard InChI is InChI=1S/C10H11ClN2O/c11-9(8(12)6-14)10(13)7-4-2-1-3-5-7/h1-5,12,14H,6,13H2/b10-9+,12-8?. The van der Waals surface area contributed by atoms with E-state index < -0.39 is 6.61 Å². The van der Waals surface area contributed by atoms with Crippen molar-refractivity contribution in [2.45, 2.75) is 0 Å². The zero-order chi connectivity index (χ0) is 10.6. The van der Waals surface area contributed by atoms with Crippen LogP contribution in [0.3, 0.4) is 0 Å². The van der Waals surface area contributed by atoms with Crippen molar-refractivity contribution in [3.63, 3.8) is 0 Å². The number of nitrogens with one attached hydrogen (secondary N) is 1. The highest BCUT2D eigenvalue weighted by atomic mass is 35.5. The van der Waals surface area contributed by atoms with Gasteiger partial charge in [0.15, 0.2) is 0 Å². The van der Waals surface area contributed by atoms with E-state index in [1.165, 1.54) is 0 Å². The molecule has 1 aromatic rings. The molecule has 0 atom stereocenters. The molecule has 74 valence electrons. The normalized spacial score (nSPS) is 12.1. The summed E-state index contributed by atoms with van der Waals surface area (Å²) in [5, 5.41) is 16.1. The first-order chi connectivity index (χ1) is 6.66. The lowest BCUT2D eigenvalue weighted by atomic mass is 10.1. The summed E-state index contributed by atoms with van der Waals surface area (Å²) in [7, 11) is 0. The van der Waals surface area contributed by atoms with Gasteiger partial charge in [0.05, 0.1) is 23.0 Å². The SMILES string of the molecule is N=C(CO)/C(Cl)=C(\N)c1ccccc1. The van der Waals surface area contributed by atoms with Crippen LogP contribution in [0.25, 0.3) is 5.70 Å². The molecule has 4 N–H and O–H groups in total. The third kappa shape index (κ3) is 2.34. The van der Waals surface area contributed by atoms with Gasteiger partial charge >= 0.3 is 0 Å². The van der Waals surface area contributed by atoms with E-state index in [2.05, 4.69) is 0 Å². The van der Waals surface area contributed by atoms with Gasteiger partial charge in [0.1, 0.15) is 0 Å². The largest absolute Gasteiger partial charge is 0.397 e. The molecule has 0 aliphatic heterocycles. The zero-order valence-corrected chi connectivity index (χ0v) is 8.25. The summed E-state index contributed by atoms with van der Waals surface area (Å²) in [6, 6.07) is 9.11. The summed E-state index contributed by atoms with van der Waals surface area (Å²) in [6.45, 7) is -0.410. The van der Waals surface area contributed by atoms with Crippen LogP contribution in [0.4, 0.5) is 0 Å². The van der Waals surface area contributed by atoms with Gasteiger partial charge in [-0.05, 0) is 5.56 Å². The fourth-order valence-electron chi connectivity index (χ4n) is 0.976. The molecule has 0 fully saturated rings. The second kappa shape index (κ2) is 4.79. The molecule has 0 saturated carbocycles. The minimum atomic E-state index is -0.410. The zero-order valence-electron chi connectivity index (χ0n) is 7.50. The van der Waals surface area contributed by atoms with Crippen LogP contribution >= 0.6 is 11.6 Å². The van der Waals surface area contributed by atoms with Crippen molar-refractivity contribution in [1.82, 2.24) is 0 Å². The molecule has 3 nitrogen and oxygen atoms in total. The van der Waals surface area contributed by atoms with Gasteiger partial charge in [0, 0.05) is 0 Å². The Morgan fingerprint density at radius 2 is 1.93 bits per heavy atom. The van der Waals surface area contributed by atoms with E-state index >= 15 is 0 Å². The van der Waals surface area contributed by atoms with Gasteiger partial charge in [-0.3, -0.25) is 0 Å². The predicted molar refractivity (Wildman–Crippen MR) is 58.2 cm³/mol. The molecule has 0 aliphatic carbocycles. The molecule has 0 amide bonds. The lowest BCUT2D eigenvalue weighted by Gasteiger charge is -2.05. The maximum Gasteiger partial charge on any atom is 0.0873 e. The molecular weight excluding hydrogens is 200 g/mol. The molecular formula is C10H11ClN2O. The number of nitrogens with two attached hydrogens (primary N) is 1. The van der Waals surface area contributed by atoms with Gasteiger partial charge in [-0.2, -0.15) is 0 Å². The maximum absolute atomic E-state index is 8.70. The average molecular weight is 211 g/mol. The van der Waals surface area contributed by atoms with Crippen molar-refractivity contribution in [2.75, 3.05) is 6.61 Å². The van der Waals surface area contributed by atoms with Gasteiger partial charge in [-0.25, -0.2) is 0 Å². The minimum absolute atomic E-state index is 0.0759. The minimum Gasteiger partial charge on any atom is -0.397 e. The highest BCUT2D eigenvalue weighted by Crippen LogP contribution is 2.16. The third-order valence-corrected chi connectivity index (χ3v) is 2.18. The molecule has 0 spiro atoms. The Bertz CT molecular complexity index is 360. The van der Waals surface area contributed by atoms with Crippen molar-refractivity contribution >= 4 is 23.0 Å². The first kappa shape index (κ1) is 10.8. The number of hydrogen-bond acceptors (Lipinski definition) is 3. The van der Waals surface area contributed by atoms with E-state index in [-0.39, 0.29) is 10.7 Å². The van der Waals surface area contributed by atoms with Crippen molar-refractivity contribution in [3.05, 3.63) is 40.9 Å². The van der Waals surface area contributed by atoms with Crippen LogP contribution < -0.4 is 5.73 Å². The lowest BCUT2D eigenvalue weighted by molar-refractivity contribution is 0.357. The fourth-order valence-corrected chi connectivity index (χ4v) is 1.15. The monoisotopic (exact) mass is 210 g/mol. The van der Waals surface area contributed by atoms with Crippen LogP contribution in [0.1, 0.15) is 5.56 Å². The molecule has 0 saturated heterocycles. The maximum atomic E-state index is 8.70. The summed E-state index contributed by atoms with van der Waals surface area (Å²) < 4.78 is 0. The number of aliphatic hydroxyl groups is 1. The van der Waals surface area contributed by atoms with Crippen LogP contribution in [0.5, 0.6) is 0 Å². The first-order valence-electron chi connectivity index (χ1n) is 4.06. The topological polar surface area (TPSA) is 70.1 Å². The van der Waals surface area contributed by atoms with Gasteiger partial charge in [0.25, 0.3) is 0 Å². The molecule has 0 heterocycles. The van der Waals surface area contributed by atoms with E-state index in [9.17, 15) is 0 Å². The third-order valence-electron chi connectivity index (χ3n) is 1.74. The number of rotatable bonds is 3. The number of halogens is 1. The van der Waals surface area contributed by atoms with Crippen molar-refractivity contribution in [2.24, 2.45) is 5.73 Å². The van der Waals surface area contributed by atoms with Gasteiger partial charge in [0.2, 0.25) is 0 Å². The molecule has 4 heteroatoms. The molecule has 0 bridgehead atoms. The van der Waals surface area contributed by atoms with E-state index in [0.29, 0.717) is 5.70 Å². The second-order valence-corrected chi connectivity index (χ2v) is 3.11. The molecule has 1 rings (SSSR count). The van der Waals surface area contributed by atoms with Crippen molar-refractivity contribution in [3.8, 4) is 0 Å². The highest BCUT2D eigenvalue weighted by Gasteiger charge is 2.07. The van der Waals surface area contributed by atoms with Gasteiger partial charge in [-0.15, -0.1) is 0 Å². The van der Waals surface area contributed by atoms with E-state index in [1.54, 1.807) is 12.1 Å². The number of aliphatic hydroxyl groups excluding tert-OH is 1. The summed E-state index contributed by atoms with van der Waals surface area (Å²) >= 11 is 5.79. The lowest BCUT2D eigenvalue weighted by Crippen LogP contribution is -2.09. The summed E-state index contributed by atoms with van der Waals surface area (Å²) in [5.74, 6) is 0. The molecule has 0 aromatic heterocycles. The fraction of sp³-hybridized carbons (Fsp3) is 0.100. The second-order valence-electron chi connectivity index (χ2n) is 2.73. The number of hydrogen-bond donors (Lipinski definition) is 3. The quantitative estimate of drug-likeness (QED) is 0.663. The molecule has 0 aliphatic rings. The Labute approximate surface area is 87.3 Å². The van der Waals surface area contributed by atoms with Crippen LogP contribution in [0.15, 0.2) is 35.4 Å². The average Bonchev–Trinajstić information content (AvgIpc) is 2.27. The first-order valence-corrected chi connectivity index (χ1v) is 4.44. The highest BCUT2D eigenvalue weighted by molar-refractivity contribution is 6.46. The van der Waals surface area contributed by atoms with Gasteiger partial charge < -0.3 is 16.2 Å². The van der Waals surface area contributed by atoms with E-state index in [0.717, 1.165) is 5.56 Å². The Hall–Kier alpha value is -1.32. The Kier molecular flexibility index (Phi) is 3.68. The van der Waals surface area contributed by atoms with Crippen molar-refractivity contribution < 1.29 is 5.11 Å². The Morgan fingerprint density at radius 1 is 1.36 bits per heavy atom. The molecule has 0 unspecified atom stereocenters. The van der Waals surface area contributed by atoms with Crippen LogP contribution in [-0.2, 0) is 0 Å². The Balaban J connectivity index is 3.05. The van der Waals surface area contributed by atoms with Crippen molar-refractivity contribution in [1.29, 1.82) is 5.41 Å². The molecule has 14 heavy (non-hydrogen) atoms. The summed E-state index contributed by atoms with van der Waals surface area (Å²) in [6.07, 6.45) is 0. The smallest absolute Gasteiger partial charge is 0.0873 e. The van der Waals surface area contributed by atoms with E-state index in [1.807, 2.05) is 18.2 Å². The predicted octanol–water partition coefficient (Wildman–Crippen LogP) is 1.56. The van der Waals surface area contributed by atoms with E-state index in [4.69, 9.17) is 27.9 Å². The molecule has 0 radical (unpaired) electrons. The van der Waals surface area contributed by atoms with Gasteiger partial charge in [-0.1, -0.05) is 41.9 Å². The summed E-state index contributed by atoms with van der Waals surface area (Å²) in [5.41, 5.74) is 6.69.